The number of nitrogens with zero attached hydrogens (tertiary/aromatic N) is 4. The van der Waals surface area contributed by atoms with Crippen LogP contribution in [0.2, 0.25) is 0 Å². The number of oxazole rings is 1. The van der Waals surface area contributed by atoms with Gasteiger partial charge in [-0.3, -0.25) is 4.79 Å². The predicted octanol–water partition coefficient (Wildman–Crippen LogP) is 2.19. The molecule has 0 N–H and O–H groups in total. The fourth-order valence-corrected chi connectivity index (χ4v) is 2.91. The average Bonchev–Trinajstić information content (AvgIpc) is 3.12. The van der Waals surface area contributed by atoms with E-state index in [0.717, 1.165) is 5.75 Å². The number of carbonyl (C=O) groups excluding carboxylic acids is 1. The van der Waals surface area contributed by atoms with Crippen molar-refractivity contribution in [1.29, 1.82) is 0 Å². The van der Waals surface area contributed by atoms with Gasteiger partial charge in [-0.05, 0) is 36.4 Å². The van der Waals surface area contributed by atoms with Crippen LogP contribution < -0.4 is 9.64 Å². The third-order valence-electron chi connectivity index (χ3n) is 4.33. The van der Waals surface area contributed by atoms with Gasteiger partial charge in [-0.2, -0.15) is 4.98 Å². The Hall–Kier alpha value is -3.09. The van der Waals surface area contributed by atoms with Crippen molar-refractivity contribution >= 4 is 23.2 Å². The summed E-state index contributed by atoms with van der Waals surface area (Å²) >= 11 is 0. The van der Waals surface area contributed by atoms with Gasteiger partial charge in [0.15, 0.2) is 5.58 Å². The van der Waals surface area contributed by atoms with Crippen molar-refractivity contribution in [3.8, 4) is 5.75 Å². The van der Waals surface area contributed by atoms with Gasteiger partial charge in [-0.1, -0.05) is 0 Å². The fraction of sp³-hybridized carbons (Fsp3) is 0.278. The average molecular weight is 338 g/mol. The van der Waals surface area contributed by atoms with Crippen LogP contribution in [-0.4, -0.2) is 54.1 Å². The Morgan fingerprint density at radius 3 is 2.56 bits per heavy atom. The lowest BCUT2D eigenvalue weighted by Gasteiger charge is -2.33. The molecule has 1 aliphatic rings. The number of piperazine rings is 1. The van der Waals surface area contributed by atoms with Gasteiger partial charge >= 0.3 is 0 Å². The van der Waals surface area contributed by atoms with Gasteiger partial charge in [0.1, 0.15) is 5.75 Å². The summed E-state index contributed by atoms with van der Waals surface area (Å²) in [5.41, 5.74) is 1.95. The number of carbonyl (C=O) groups is 1. The zero-order valence-corrected chi connectivity index (χ0v) is 13.9. The second-order valence-electron chi connectivity index (χ2n) is 5.83. The topological polar surface area (TPSA) is 71.7 Å². The van der Waals surface area contributed by atoms with E-state index in [1.807, 2.05) is 21.9 Å². The molecule has 1 fully saturated rings. The van der Waals surface area contributed by atoms with Crippen molar-refractivity contribution < 1.29 is 13.9 Å². The van der Waals surface area contributed by atoms with Gasteiger partial charge in [0, 0.05) is 37.9 Å². The number of ether oxygens (including phenoxy) is 1. The number of benzene rings is 1. The normalized spacial score (nSPS) is 14.8. The van der Waals surface area contributed by atoms with E-state index in [4.69, 9.17) is 9.15 Å². The first-order chi connectivity index (χ1) is 12.2. The highest BCUT2D eigenvalue weighted by molar-refractivity contribution is 5.94. The summed E-state index contributed by atoms with van der Waals surface area (Å²) in [5.74, 6) is 0.771. The lowest BCUT2D eigenvalue weighted by molar-refractivity contribution is 0.0745. The molecule has 0 aliphatic carbocycles. The van der Waals surface area contributed by atoms with Crippen LogP contribution in [0.15, 0.2) is 47.0 Å². The molecular formula is C18H18N4O3. The van der Waals surface area contributed by atoms with Gasteiger partial charge in [0.25, 0.3) is 11.9 Å². The number of anilines is 1. The standard InChI is InChI=1S/C18H18N4O3/c1-24-14-6-4-13(5-7-14)17(23)21-9-11-22(12-10-21)18-20-16-15(25-18)3-2-8-19-16/h2-8H,9-12H2,1H3. The molecule has 3 heterocycles. The molecule has 7 nitrogen and oxygen atoms in total. The first kappa shape index (κ1) is 15.4. The molecule has 0 spiro atoms. The smallest absolute Gasteiger partial charge is 0.300 e. The highest BCUT2D eigenvalue weighted by Crippen LogP contribution is 2.22. The van der Waals surface area contributed by atoms with Crippen molar-refractivity contribution in [2.75, 3.05) is 38.2 Å². The van der Waals surface area contributed by atoms with Crippen molar-refractivity contribution in [3.63, 3.8) is 0 Å². The van der Waals surface area contributed by atoms with Crippen molar-refractivity contribution in [1.82, 2.24) is 14.9 Å². The molecule has 4 rings (SSSR count). The number of methoxy groups -OCH3 is 1. The molecule has 0 bridgehead atoms. The van der Waals surface area contributed by atoms with Crippen LogP contribution in [0.4, 0.5) is 6.01 Å². The summed E-state index contributed by atoms with van der Waals surface area (Å²) in [6.45, 7) is 2.59. The molecule has 0 unspecified atom stereocenters. The molecule has 3 aromatic rings. The van der Waals surface area contributed by atoms with E-state index in [1.165, 1.54) is 0 Å². The maximum absolute atomic E-state index is 12.6. The Morgan fingerprint density at radius 1 is 1.12 bits per heavy atom. The lowest BCUT2D eigenvalue weighted by Crippen LogP contribution is -2.48. The molecule has 1 aliphatic heterocycles. The third-order valence-corrected chi connectivity index (χ3v) is 4.33. The molecule has 128 valence electrons. The highest BCUT2D eigenvalue weighted by Gasteiger charge is 2.24. The van der Waals surface area contributed by atoms with Crippen LogP contribution in [0.5, 0.6) is 5.75 Å². The number of amides is 1. The van der Waals surface area contributed by atoms with Crippen LogP contribution in [0.25, 0.3) is 11.2 Å². The molecular weight excluding hydrogens is 320 g/mol. The summed E-state index contributed by atoms with van der Waals surface area (Å²) in [5, 5.41) is 0. The minimum absolute atomic E-state index is 0.0292. The summed E-state index contributed by atoms with van der Waals surface area (Å²) < 4.78 is 10.9. The minimum atomic E-state index is 0.0292. The highest BCUT2D eigenvalue weighted by atomic mass is 16.5. The van der Waals surface area contributed by atoms with E-state index in [1.54, 1.807) is 37.6 Å². The summed E-state index contributed by atoms with van der Waals surface area (Å²) in [4.78, 5) is 25.1. The number of hydrogen-bond acceptors (Lipinski definition) is 6. The van der Waals surface area contributed by atoms with Gasteiger partial charge in [0.2, 0.25) is 5.65 Å². The van der Waals surface area contributed by atoms with Crippen molar-refractivity contribution in [2.24, 2.45) is 0 Å². The zero-order valence-electron chi connectivity index (χ0n) is 13.9. The summed E-state index contributed by atoms with van der Waals surface area (Å²) in [7, 11) is 1.61. The molecule has 1 amide bonds. The largest absolute Gasteiger partial charge is 0.497 e. The first-order valence-electron chi connectivity index (χ1n) is 8.14. The van der Waals surface area contributed by atoms with Crippen molar-refractivity contribution in [2.45, 2.75) is 0 Å². The lowest BCUT2D eigenvalue weighted by atomic mass is 10.1. The van der Waals surface area contributed by atoms with E-state index < -0.39 is 0 Å². The Morgan fingerprint density at radius 2 is 1.88 bits per heavy atom. The van der Waals surface area contributed by atoms with E-state index in [2.05, 4.69) is 9.97 Å². The van der Waals surface area contributed by atoms with E-state index >= 15 is 0 Å². The Bertz CT molecular complexity index is 850. The summed E-state index contributed by atoms with van der Waals surface area (Å²) in [6, 6.07) is 11.4. The Labute approximate surface area is 144 Å². The van der Waals surface area contributed by atoms with Crippen LogP contribution in [-0.2, 0) is 0 Å². The third kappa shape index (κ3) is 3.00. The van der Waals surface area contributed by atoms with Gasteiger partial charge < -0.3 is 19.0 Å². The number of aromatic nitrogens is 2. The zero-order chi connectivity index (χ0) is 17.2. The Balaban J connectivity index is 1.42. The van der Waals surface area contributed by atoms with Crippen LogP contribution in [0.1, 0.15) is 10.4 Å². The molecule has 1 aromatic carbocycles. The van der Waals surface area contributed by atoms with Crippen molar-refractivity contribution in [3.05, 3.63) is 48.2 Å². The Kier molecular flexibility index (Phi) is 3.97. The van der Waals surface area contributed by atoms with E-state index in [0.29, 0.717) is 49.0 Å². The van der Waals surface area contributed by atoms with Gasteiger partial charge in [-0.25, -0.2) is 4.98 Å². The second kappa shape index (κ2) is 6.43. The monoisotopic (exact) mass is 338 g/mol. The van der Waals surface area contributed by atoms with Crippen LogP contribution >= 0.6 is 0 Å². The fourth-order valence-electron chi connectivity index (χ4n) is 2.91. The maximum atomic E-state index is 12.6. The molecule has 2 aromatic heterocycles. The minimum Gasteiger partial charge on any atom is -0.497 e. The van der Waals surface area contributed by atoms with Crippen LogP contribution in [0.3, 0.4) is 0 Å². The number of fused-ring (bicyclic) bond motifs is 1. The van der Waals surface area contributed by atoms with Gasteiger partial charge in [0.05, 0.1) is 7.11 Å². The molecule has 0 saturated carbocycles. The first-order valence-corrected chi connectivity index (χ1v) is 8.14. The van der Waals surface area contributed by atoms with E-state index in [-0.39, 0.29) is 5.91 Å². The number of hydrogen-bond donors (Lipinski definition) is 0. The molecule has 0 radical (unpaired) electrons. The number of rotatable bonds is 3. The molecule has 7 heteroatoms. The molecule has 0 atom stereocenters. The SMILES string of the molecule is COc1ccc(C(=O)N2CCN(c3nc4ncccc4o3)CC2)cc1. The second-order valence-corrected chi connectivity index (χ2v) is 5.83. The molecule has 25 heavy (non-hydrogen) atoms. The van der Waals surface area contributed by atoms with Crippen LogP contribution in [0, 0.1) is 0 Å². The molecule has 1 saturated heterocycles. The predicted molar refractivity (Wildman–Crippen MR) is 92.9 cm³/mol. The van der Waals surface area contributed by atoms with E-state index in [9.17, 15) is 4.79 Å². The maximum Gasteiger partial charge on any atom is 0.300 e. The number of pyridine rings is 1. The van der Waals surface area contributed by atoms with Gasteiger partial charge in [-0.15, -0.1) is 0 Å². The summed E-state index contributed by atoms with van der Waals surface area (Å²) in [6.07, 6.45) is 1.69. The quantitative estimate of drug-likeness (QED) is 0.729.